The Bertz CT molecular complexity index is 451. The molecule has 0 radical (unpaired) electrons. The van der Waals surface area contributed by atoms with Crippen LogP contribution in [0.3, 0.4) is 0 Å². The van der Waals surface area contributed by atoms with E-state index in [0.717, 1.165) is 18.0 Å². The van der Waals surface area contributed by atoms with Crippen molar-refractivity contribution in [1.82, 2.24) is 9.97 Å². The summed E-state index contributed by atoms with van der Waals surface area (Å²) in [5.41, 5.74) is 2.51. The molecule has 3 nitrogen and oxygen atoms in total. The van der Waals surface area contributed by atoms with Crippen LogP contribution in [0.1, 0.15) is 16.1 Å². The largest absolute Gasteiger partial charge is 0.365 e. The van der Waals surface area contributed by atoms with Crippen LogP contribution in [0.15, 0.2) is 24.5 Å². The molecule has 84 valence electrons. The fourth-order valence-electron chi connectivity index (χ4n) is 1.58. The van der Waals surface area contributed by atoms with Gasteiger partial charge in [-0.25, -0.2) is 4.98 Å². The van der Waals surface area contributed by atoms with E-state index in [4.69, 9.17) is 0 Å². The third-order valence-corrected chi connectivity index (χ3v) is 3.54. The second kappa shape index (κ2) is 5.07. The van der Waals surface area contributed by atoms with Crippen molar-refractivity contribution >= 4 is 16.5 Å². The Kier molecular flexibility index (Phi) is 3.51. The predicted molar refractivity (Wildman–Crippen MR) is 68.0 cm³/mol. The molecule has 2 aromatic rings. The van der Waals surface area contributed by atoms with Gasteiger partial charge in [-0.05, 0) is 37.5 Å². The third kappa shape index (κ3) is 2.58. The smallest absolute Gasteiger partial charge is 0.182 e. The molecular formula is C12H15N3S. The lowest BCUT2D eigenvalue weighted by atomic mass is 10.1. The molecule has 0 bridgehead atoms. The van der Waals surface area contributed by atoms with E-state index in [1.54, 1.807) is 11.3 Å². The molecule has 0 saturated carbocycles. The Morgan fingerprint density at radius 3 is 2.62 bits per heavy atom. The summed E-state index contributed by atoms with van der Waals surface area (Å²) < 4.78 is 0. The van der Waals surface area contributed by atoms with Gasteiger partial charge in [0.2, 0.25) is 0 Å². The van der Waals surface area contributed by atoms with Crippen molar-refractivity contribution in [3.05, 3.63) is 40.7 Å². The lowest BCUT2D eigenvalue weighted by Crippen LogP contribution is -1.94. The number of hydrogen-bond acceptors (Lipinski definition) is 4. The molecule has 2 rings (SSSR count). The highest BCUT2D eigenvalue weighted by Crippen LogP contribution is 2.22. The number of pyridine rings is 1. The Morgan fingerprint density at radius 2 is 2.00 bits per heavy atom. The van der Waals surface area contributed by atoms with Crippen molar-refractivity contribution in [3.63, 3.8) is 0 Å². The summed E-state index contributed by atoms with van der Waals surface area (Å²) in [5.74, 6) is 0. The van der Waals surface area contributed by atoms with Gasteiger partial charge >= 0.3 is 0 Å². The van der Waals surface area contributed by atoms with Gasteiger partial charge in [-0.2, -0.15) is 0 Å². The van der Waals surface area contributed by atoms with E-state index in [0.29, 0.717) is 0 Å². The monoisotopic (exact) mass is 233 g/mol. The van der Waals surface area contributed by atoms with Gasteiger partial charge in [-0.1, -0.05) is 0 Å². The average molecular weight is 233 g/mol. The number of aromatic nitrogens is 2. The van der Waals surface area contributed by atoms with Gasteiger partial charge in [-0.3, -0.25) is 4.98 Å². The molecule has 4 heteroatoms. The van der Waals surface area contributed by atoms with Crippen LogP contribution in [-0.4, -0.2) is 17.0 Å². The summed E-state index contributed by atoms with van der Waals surface area (Å²) in [6.07, 6.45) is 5.69. The van der Waals surface area contributed by atoms with E-state index in [1.165, 1.54) is 16.1 Å². The first-order valence-electron chi connectivity index (χ1n) is 5.32. The first-order valence-corrected chi connectivity index (χ1v) is 6.14. The Morgan fingerprint density at radius 1 is 1.25 bits per heavy atom. The van der Waals surface area contributed by atoms with Gasteiger partial charge < -0.3 is 5.32 Å². The minimum atomic E-state index is 0.994. The van der Waals surface area contributed by atoms with Crippen LogP contribution >= 0.6 is 11.3 Å². The van der Waals surface area contributed by atoms with Crippen LogP contribution < -0.4 is 5.32 Å². The normalized spacial score (nSPS) is 10.4. The number of aryl methyl sites for hydroxylation is 3. The Labute approximate surface area is 99.6 Å². The number of rotatable bonds is 4. The van der Waals surface area contributed by atoms with Crippen LogP contribution in [-0.2, 0) is 12.8 Å². The van der Waals surface area contributed by atoms with Crippen LogP contribution in [0.5, 0.6) is 0 Å². The second-order valence-electron chi connectivity index (χ2n) is 3.63. The highest BCUT2D eigenvalue weighted by Gasteiger charge is 2.06. The van der Waals surface area contributed by atoms with E-state index < -0.39 is 0 Å². The van der Waals surface area contributed by atoms with E-state index in [2.05, 4.69) is 34.3 Å². The summed E-state index contributed by atoms with van der Waals surface area (Å²) in [6, 6.07) is 4.11. The minimum absolute atomic E-state index is 0.994. The maximum absolute atomic E-state index is 4.54. The fraction of sp³-hybridized carbons (Fsp3) is 0.333. The molecule has 0 spiro atoms. The van der Waals surface area contributed by atoms with E-state index in [-0.39, 0.29) is 0 Å². The third-order valence-electron chi connectivity index (χ3n) is 2.51. The maximum Gasteiger partial charge on any atom is 0.182 e. The molecule has 2 aromatic heterocycles. The first-order chi connectivity index (χ1) is 7.79. The average Bonchev–Trinajstić information content (AvgIpc) is 2.69. The number of anilines is 1. The Balaban J connectivity index is 2.02. The molecule has 0 aliphatic rings. The fourth-order valence-corrected chi connectivity index (χ4v) is 2.39. The van der Waals surface area contributed by atoms with Crippen LogP contribution in [0, 0.1) is 6.92 Å². The molecule has 16 heavy (non-hydrogen) atoms. The molecule has 0 unspecified atom stereocenters. The molecule has 0 fully saturated rings. The van der Waals surface area contributed by atoms with Crippen molar-refractivity contribution in [1.29, 1.82) is 0 Å². The molecule has 0 atom stereocenters. The number of hydrogen-bond donors (Lipinski definition) is 1. The standard InChI is InChI=1S/C12H15N3S/c1-9-11(15-12(13-2)16-9)4-3-10-5-7-14-8-6-10/h5-8H,3-4H2,1-2H3,(H,13,15). The Hall–Kier alpha value is -1.42. The molecule has 0 saturated heterocycles. The van der Waals surface area contributed by atoms with Crippen LogP contribution in [0.4, 0.5) is 5.13 Å². The van der Waals surface area contributed by atoms with Gasteiger partial charge in [-0.15, -0.1) is 11.3 Å². The summed E-state index contributed by atoms with van der Waals surface area (Å²) in [4.78, 5) is 9.85. The minimum Gasteiger partial charge on any atom is -0.365 e. The van der Waals surface area contributed by atoms with Crippen molar-refractivity contribution in [2.24, 2.45) is 0 Å². The summed E-state index contributed by atoms with van der Waals surface area (Å²) in [7, 11) is 1.91. The number of thiazole rings is 1. The van der Waals surface area contributed by atoms with E-state index in [9.17, 15) is 0 Å². The highest BCUT2D eigenvalue weighted by molar-refractivity contribution is 7.15. The van der Waals surface area contributed by atoms with Crippen molar-refractivity contribution < 1.29 is 0 Å². The number of nitrogens with zero attached hydrogens (tertiary/aromatic N) is 2. The van der Waals surface area contributed by atoms with Gasteiger partial charge in [0.1, 0.15) is 0 Å². The molecule has 0 amide bonds. The molecule has 0 aliphatic heterocycles. The second-order valence-corrected chi connectivity index (χ2v) is 4.83. The lowest BCUT2D eigenvalue weighted by molar-refractivity contribution is 0.914. The van der Waals surface area contributed by atoms with Gasteiger partial charge in [0.05, 0.1) is 5.69 Å². The molecule has 0 aromatic carbocycles. The molecular weight excluding hydrogens is 218 g/mol. The zero-order valence-corrected chi connectivity index (χ0v) is 10.3. The molecule has 0 aliphatic carbocycles. The van der Waals surface area contributed by atoms with E-state index in [1.807, 2.05) is 19.4 Å². The first kappa shape index (κ1) is 11.1. The zero-order chi connectivity index (χ0) is 11.4. The predicted octanol–water partition coefficient (Wildman–Crippen LogP) is 2.67. The van der Waals surface area contributed by atoms with Crippen LogP contribution in [0.2, 0.25) is 0 Å². The summed E-state index contributed by atoms with van der Waals surface area (Å²) >= 11 is 1.71. The van der Waals surface area contributed by atoms with E-state index >= 15 is 0 Å². The zero-order valence-electron chi connectivity index (χ0n) is 9.53. The van der Waals surface area contributed by atoms with Gasteiger partial charge in [0.25, 0.3) is 0 Å². The topological polar surface area (TPSA) is 37.8 Å². The van der Waals surface area contributed by atoms with Gasteiger partial charge in [0, 0.05) is 24.3 Å². The maximum atomic E-state index is 4.54. The van der Waals surface area contributed by atoms with Crippen LogP contribution in [0.25, 0.3) is 0 Å². The number of nitrogens with one attached hydrogen (secondary N) is 1. The molecule has 2 heterocycles. The highest BCUT2D eigenvalue weighted by atomic mass is 32.1. The quantitative estimate of drug-likeness (QED) is 0.882. The SMILES string of the molecule is CNc1nc(CCc2ccncc2)c(C)s1. The van der Waals surface area contributed by atoms with Crippen molar-refractivity contribution in [2.75, 3.05) is 12.4 Å². The van der Waals surface area contributed by atoms with Gasteiger partial charge in [0.15, 0.2) is 5.13 Å². The summed E-state index contributed by atoms with van der Waals surface area (Å²) in [6.45, 7) is 2.13. The summed E-state index contributed by atoms with van der Waals surface area (Å²) in [5, 5.41) is 4.09. The lowest BCUT2D eigenvalue weighted by Gasteiger charge is -1.99. The van der Waals surface area contributed by atoms with Crippen molar-refractivity contribution in [2.45, 2.75) is 19.8 Å². The molecule has 1 N–H and O–H groups in total. The van der Waals surface area contributed by atoms with Crippen molar-refractivity contribution in [3.8, 4) is 0 Å².